The lowest BCUT2D eigenvalue weighted by Crippen LogP contribution is -2.09. The first-order chi connectivity index (χ1) is 11.1. The second kappa shape index (κ2) is 6.54. The molecule has 6 heteroatoms. The molecular formula is C17H13ClN2O3. The molecule has 0 fully saturated rings. The van der Waals surface area contributed by atoms with E-state index in [1.807, 2.05) is 48.5 Å². The molecule has 2 N–H and O–H groups in total. The highest BCUT2D eigenvalue weighted by molar-refractivity contribution is 6.30. The average Bonchev–Trinajstić information content (AvgIpc) is 3.04. The summed E-state index contributed by atoms with van der Waals surface area (Å²) in [5.74, 6) is 0.0962. The zero-order valence-corrected chi connectivity index (χ0v) is 12.8. The van der Waals surface area contributed by atoms with Gasteiger partial charge < -0.3 is 15.0 Å². The maximum atomic E-state index is 11.0. The van der Waals surface area contributed by atoms with Crippen molar-refractivity contribution in [2.75, 3.05) is 0 Å². The number of amides is 1. The predicted octanol–water partition coefficient (Wildman–Crippen LogP) is 3.67. The molecule has 3 rings (SSSR count). The van der Waals surface area contributed by atoms with Crippen LogP contribution in [0.25, 0.3) is 11.3 Å². The van der Waals surface area contributed by atoms with Crippen molar-refractivity contribution in [3.63, 3.8) is 0 Å². The molecule has 0 aliphatic carbocycles. The highest BCUT2D eigenvalue weighted by Crippen LogP contribution is 2.23. The minimum absolute atomic E-state index is 0.0290. The molecule has 23 heavy (non-hydrogen) atoms. The van der Waals surface area contributed by atoms with Crippen molar-refractivity contribution in [1.82, 2.24) is 5.16 Å². The van der Waals surface area contributed by atoms with E-state index in [0.717, 1.165) is 11.1 Å². The minimum atomic E-state index is -0.648. The molecule has 0 unspecified atom stereocenters. The van der Waals surface area contributed by atoms with Gasteiger partial charge in [-0.3, -0.25) is 4.79 Å². The Bertz CT molecular complexity index is 828. The normalized spacial score (nSPS) is 10.5. The van der Waals surface area contributed by atoms with E-state index < -0.39 is 5.91 Å². The standard InChI is InChI=1S/C17H13ClN2O3/c18-13-3-1-2-11(8-13)10-22-14-6-4-12(5-7-14)15-9-16(17(19)21)23-20-15/h1-9H,10H2,(H2,19,21). The number of carbonyl (C=O) groups is 1. The highest BCUT2D eigenvalue weighted by Gasteiger charge is 2.10. The third kappa shape index (κ3) is 3.70. The fourth-order valence-electron chi connectivity index (χ4n) is 2.04. The van der Waals surface area contributed by atoms with Crippen molar-refractivity contribution in [2.45, 2.75) is 6.61 Å². The number of rotatable bonds is 5. The van der Waals surface area contributed by atoms with Crippen LogP contribution in [0.4, 0.5) is 0 Å². The molecule has 0 saturated carbocycles. The Hall–Kier alpha value is -2.79. The van der Waals surface area contributed by atoms with Crippen LogP contribution in [-0.2, 0) is 6.61 Å². The van der Waals surface area contributed by atoms with Crippen molar-refractivity contribution in [1.29, 1.82) is 0 Å². The Kier molecular flexibility index (Phi) is 4.30. The second-order valence-electron chi connectivity index (χ2n) is 4.88. The molecule has 0 aliphatic rings. The molecule has 1 heterocycles. The lowest BCUT2D eigenvalue weighted by atomic mass is 10.1. The zero-order valence-electron chi connectivity index (χ0n) is 12.0. The number of hydrogen-bond donors (Lipinski definition) is 1. The number of nitrogens with two attached hydrogens (primary N) is 1. The van der Waals surface area contributed by atoms with Crippen LogP contribution in [0.3, 0.4) is 0 Å². The van der Waals surface area contributed by atoms with Gasteiger partial charge in [-0.05, 0) is 42.0 Å². The van der Waals surface area contributed by atoms with Crippen molar-refractivity contribution < 1.29 is 14.1 Å². The third-order valence-corrected chi connectivity index (χ3v) is 3.43. The molecule has 5 nitrogen and oxygen atoms in total. The largest absolute Gasteiger partial charge is 0.489 e. The van der Waals surface area contributed by atoms with Crippen molar-refractivity contribution in [3.05, 3.63) is 70.9 Å². The third-order valence-electron chi connectivity index (χ3n) is 3.20. The Labute approximate surface area is 137 Å². The van der Waals surface area contributed by atoms with Crippen molar-refractivity contribution in [3.8, 4) is 17.0 Å². The topological polar surface area (TPSA) is 78.4 Å². The minimum Gasteiger partial charge on any atom is -0.489 e. The molecule has 3 aromatic rings. The van der Waals surface area contributed by atoms with E-state index in [0.29, 0.717) is 23.1 Å². The maximum Gasteiger partial charge on any atom is 0.287 e. The molecule has 116 valence electrons. The molecule has 0 saturated heterocycles. The van der Waals surface area contributed by atoms with E-state index in [2.05, 4.69) is 5.16 Å². The number of benzene rings is 2. The van der Waals surface area contributed by atoms with Gasteiger partial charge in [-0.2, -0.15) is 0 Å². The highest BCUT2D eigenvalue weighted by atomic mass is 35.5. The lowest BCUT2D eigenvalue weighted by Gasteiger charge is -2.07. The molecule has 1 aromatic heterocycles. The average molecular weight is 329 g/mol. The predicted molar refractivity (Wildman–Crippen MR) is 86.2 cm³/mol. The Balaban J connectivity index is 1.68. The number of hydrogen-bond acceptors (Lipinski definition) is 4. The van der Waals surface area contributed by atoms with E-state index >= 15 is 0 Å². The molecular weight excluding hydrogens is 316 g/mol. The number of carbonyl (C=O) groups excluding carboxylic acids is 1. The summed E-state index contributed by atoms with van der Waals surface area (Å²) in [6, 6.07) is 16.3. The van der Waals surface area contributed by atoms with Gasteiger partial charge in [0.2, 0.25) is 5.76 Å². The molecule has 0 radical (unpaired) electrons. The van der Waals surface area contributed by atoms with Crippen molar-refractivity contribution in [2.24, 2.45) is 5.73 Å². The van der Waals surface area contributed by atoms with Crippen LogP contribution >= 0.6 is 11.6 Å². The molecule has 0 aliphatic heterocycles. The van der Waals surface area contributed by atoms with E-state index in [1.54, 1.807) is 0 Å². The SMILES string of the molecule is NC(=O)c1cc(-c2ccc(OCc3cccc(Cl)c3)cc2)no1. The van der Waals surface area contributed by atoms with Gasteiger partial charge in [0.25, 0.3) is 5.91 Å². The van der Waals surface area contributed by atoms with E-state index in [9.17, 15) is 4.79 Å². The first-order valence-corrected chi connectivity index (χ1v) is 7.24. The molecule has 0 atom stereocenters. The van der Waals surface area contributed by atoms with Crippen LogP contribution in [0.1, 0.15) is 16.1 Å². The van der Waals surface area contributed by atoms with Crippen LogP contribution < -0.4 is 10.5 Å². The first kappa shape index (κ1) is 15.1. The Morgan fingerprint density at radius 1 is 1.17 bits per heavy atom. The van der Waals surface area contributed by atoms with Gasteiger partial charge >= 0.3 is 0 Å². The van der Waals surface area contributed by atoms with E-state index in [1.165, 1.54) is 6.07 Å². The summed E-state index contributed by atoms with van der Waals surface area (Å²) in [6.07, 6.45) is 0. The summed E-state index contributed by atoms with van der Waals surface area (Å²) in [7, 11) is 0. The summed E-state index contributed by atoms with van der Waals surface area (Å²) in [5, 5.41) is 4.49. The Morgan fingerprint density at radius 3 is 2.61 bits per heavy atom. The fraction of sp³-hybridized carbons (Fsp3) is 0.0588. The van der Waals surface area contributed by atoms with Crippen LogP contribution in [0, 0.1) is 0 Å². The van der Waals surface area contributed by atoms with Crippen LogP contribution in [0.5, 0.6) is 5.75 Å². The monoisotopic (exact) mass is 328 g/mol. The van der Waals surface area contributed by atoms with Crippen molar-refractivity contribution >= 4 is 17.5 Å². The van der Waals surface area contributed by atoms with Gasteiger partial charge in [-0.25, -0.2) is 0 Å². The van der Waals surface area contributed by atoms with Gasteiger partial charge in [0.05, 0.1) is 0 Å². The quantitative estimate of drug-likeness (QED) is 0.775. The van der Waals surface area contributed by atoms with Gasteiger partial charge in [0, 0.05) is 16.7 Å². The summed E-state index contributed by atoms with van der Waals surface area (Å²) in [5.41, 5.74) is 7.47. The summed E-state index contributed by atoms with van der Waals surface area (Å²) in [4.78, 5) is 11.0. The van der Waals surface area contributed by atoms with Crippen LogP contribution in [0.2, 0.25) is 5.02 Å². The van der Waals surface area contributed by atoms with E-state index in [4.69, 9.17) is 26.6 Å². The lowest BCUT2D eigenvalue weighted by molar-refractivity contribution is 0.0965. The van der Waals surface area contributed by atoms with Gasteiger partial charge in [0.15, 0.2) is 0 Å². The number of halogens is 1. The van der Waals surface area contributed by atoms with Crippen LogP contribution in [-0.4, -0.2) is 11.1 Å². The van der Waals surface area contributed by atoms with E-state index in [-0.39, 0.29) is 5.76 Å². The second-order valence-corrected chi connectivity index (χ2v) is 5.32. The number of nitrogens with zero attached hydrogens (tertiary/aromatic N) is 1. The summed E-state index contributed by atoms with van der Waals surface area (Å²) >= 11 is 5.94. The maximum absolute atomic E-state index is 11.0. The Morgan fingerprint density at radius 2 is 1.96 bits per heavy atom. The number of aromatic nitrogens is 1. The molecule has 0 spiro atoms. The fourth-order valence-corrected chi connectivity index (χ4v) is 2.26. The zero-order chi connectivity index (χ0) is 16.2. The van der Waals surface area contributed by atoms with Gasteiger partial charge in [-0.1, -0.05) is 28.9 Å². The summed E-state index contributed by atoms with van der Waals surface area (Å²) in [6.45, 7) is 0.426. The van der Waals surface area contributed by atoms with Gasteiger partial charge in [-0.15, -0.1) is 0 Å². The van der Waals surface area contributed by atoms with Crippen LogP contribution in [0.15, 0.2) is 59.1 Å². The molecule has 1 amide bonds. The molecule has 0 bridgehead atoms. The summed E-state index contributed by atoms with van der Waals surface area (Å²) < 4.78 is 10.6. The number of primary amides is 1. The first-order valence-electron chi connectivity index (χ1n) is 6.86. The van der Waals surface area contributed by atoms with Gasteiger partial charge in [0.1, 0.15) is 18.1 Å². The molecule has 2 aromatic carbocycles. The number of ether oxygens (including phenoxy) is 1. The smallest absolute Gasteiger partial charge is 0.287 e.